The van der Waals surface area contributed by atoms with Crippen molar-refractivity contribution < 1.29 is 9.13 Å². The number of rotatable bonds is 5. The molecule has 3 aromatic rings. The number of benzene rings is 2. The van der Waals surface area contributed by atoms with Crippen molar-refractivity contribution in [2.75, 3.05) is 13.7 Å². The van der Waals surface area contributed by atoms with Crippen molar-refractivity contribution in [3.8, 4) is 17.0 Å². The quantitative estimate of drug-likeness (QED) is 0.702. The second-order valence-corrected chi connectivity index (χ2v) is 6.66. The Hall–Kier alpha value is -2.99. The average molecular weight is 364 g/mol. The second-order valence-electron chi connectivity index (χ2n) is 6.66. The van der Waals surface area contributed by atoms with E-state index in [1.807, 2.05) is 28.9 Å². The fourth-order valence-electron chi connectivity index (χ4n) is 3.50. The van der Waals surface area contributed by atoms with E-state index in [2.05, 4.69) is 11.0 Å². The fraction of sp³-hybridized carbons (Fsp3) is 0.238. The van der Waals surface area contributed by atoms with E-state index in [0.717, 1.165) is 60.7 Å². The lowest BCUT2D eigenvalue weighted by Crippen LogP contribution is -2.33. The number of halogens is 1. The van der Waals surface area contributed by atoms with Crippen molar-refractivity contribution in [3.05, 3.63) is 71.2 Å². The van der Waals surface area contributed by atoms with Crippen molar-refractivity contribution in [1.82, 2.24) is 14.7 Å². The third-order valence-corrected chi connectivity index (χ3v) is 4.88. The minimum Gasteiger partial charge on any atom is -0.496 e. The van der Waals surface area contributed by atoms with Gasteiger partial charge in [0.05, 0.1) is 25.0 Å². The fourth-order valence-corrected chi connectivity index (χ4v) is 3.50. The molecule has 0 atom stereocenters. The van der Waals surface area contributed by atoms with Crippen molar-refractivity contribution >= 4 is 6.21 Å². The molecule has 0 aliphatic carbocycles. The molecule has 138 valence electrons. The number of para-hydroxylation sites is 1. The van der Waals surface area contributed by atoms with E-state index >= 15 is 0 Å². The molecule has 2 heterocycles. The Morgan fingerprint density at radius 2 is 2.04 bits per heavy atom. The molecule has 27 heavy (non-hydrogen) atoms. The normalized spacial score (nSPS) is 14.0. The second kappa shape index (κ2) is 7.32. The SMILES string of the molecule is COc1ccccc1-c1cc2n(n1)CCN(Cc1ccc(F)c(C=N)c1)C2. The van der Waals surface area contributed by atoms with Gasteiger partial charge in [0.2, 0.25) is 0 Å². The Labute approximate surface area is 157 Å². The molecule has 1 aliphatic heterocycles. The number of ether oxygens (including phenoxy) is 1. The average Bonchev–Trinajstić information content (AvgIpc) is 3.12. The monoisotopic (exact) mass is 364 g/mol. The Kier molecular flexibility index (Phi) is 4.73. The first-order valence-electron chi connectivity index (χ1n) is 8.89. The molecular formula is C21H21FN4O. The molecule has 0 spiro atoms. The summed E-state index contributed by atoms with van der Waals surface area (Å²) in [4.78, 5) is 2.31. The maximum atomic E-state index is 13.6. The first kappa shape index (κ1) is 17.4. The van der Waals surface area contributed by atoms with Crippen molar-refractivity contribution in [1.29, 1.82) is 5.41 Å². The van der Waals surface area contributed by atoms with Gasteiger partial charge in [0.15, 0.2) is 0 Å². The van der Waals surface area contributed by atoms with Crippen LogP contribution >= 0.6 is 0 Å². The van der Waals surface area contributed by atoms with Crippen LogP contribution in [0.15, 0.2) is 48.5 Å². The number of nitrogens with one attached hydrogen (secondary N) is 1. The van der Waals surface area contributed by atoms with Gasteiger partial charge in [-0.15, -0.1) is 0 Å². The molecule has 0 saturated heterocycles. The van der Waals surface area contributed by atoms with Gasteiger partial charge >= 0.3 is 0 Å². The van der Waals surface area contributed by atoms with Crippen LogP contribution in [0.2, 0.25) is 0 Å². The van der Waals surface area contributed by atoms with Crippen LogP contribution in [0.25, 0.3) is 11.3 Å². The molecule has 4 rings (SSSR count). The molecule has 2 aromatic carbocycles. The summed E-state index contributed by atoms with van der Waals surface area (Å²) in [6, 6.07) is 15.0. The van der Waals surface area contributed by atoms with Crippen LogP contribution in [-0.4, -0.2) is 34.5 Å². The van der Waals surface area contributed by atoms with Gasteiger partial charge in [-0.05, 0) is 35.9 Å². The van der Waals surface area contributed by atoms with E-state index in [4.69, 9.17) is 15.2 Å². The molecule has 5 nitrogen and oxygen atoms in total. The molecule has 0 saturated carbocycles. The van der Waals surface area contributed by atoms with E-state index < -0.39 is 0 Å². The van der Waals surface area contributed by atoms with Crippen LogP contribution in [0.5, 0.6) is 5.75 Å². The molecule has 0 radical (unpaired) electrons. The van der Waals surface area contributed by atoms with Gasteiger partial charge < -0.3 is 10.1 Å². The summed E-state index contributed by atoms with van der Waals surface area (Å²) in [7, 11) is 1.67. The maximum absolute atomic E-state index is 13.6. The van der Waals surface area contributed by atoms with Crippen LogP contribution in [0.3, 0.4) is 0 Å². The Bertz CT molecular complexity index is 982. The van der Waals surface area contributed by atoms with Gasteiger partial charge in [0.25, 0.3) is 0 Å². The van der Waals surface area contributed by atoms with Crippen molar-refractivity contribution in [3.63, 3.8) is 0 Å². The van der Waals surface area contributed by atoms with E-state index in [1.54, 1.807) is 19.2 Å². The smallest absolute Gasteiger partial charge is 0.131 e. The highest BCUT2D eigenvalue weighted by molar-refractivity contribution is 5.77. The van der Waals surface area contributed by atoms with E-state index in [0.29, 0.717) is 5.56 Å². The standard InChI is InChI=1S/C21H21FN4O/c1-27-21-5-3-2-4-18(21)20-11-17-14-25(8-9-26(17)24-20)13-15-6-7-19(22)16(10-15)12-23/h2-7,10-12,23H,8-9,13-14H2,1H3. The molecular weight excluding hydrogens is 343 g/mol. The van der Waals surface area contributed by atoms with Gasteiger partial charge in [-0.25, -0.2) is 4.39 Å². The van der Waals surface area contributed by atoms with Gasteiger partial charge in [-0.2, -0.15) is 5.10 Å². The lowest BCUT2D eigenvalue weighted by Gasteiger charge is -2.27. The number of fused-ring (bicyclic) bond motifs is 1. The topological polar surface area (TPSA) is 54.1 Å². The molecule has 0 unspecified atom stereocenters. The minimum atomic E-state index is -0.355. The van der Waals surface area contributed by atoms with E-state index in [9.17, 15) is 4.39 Å². The maximum Gasteiger partial charge on any atom is 0.131 e. The first-order chi connectivity index (χ1) is 13.2. The van der Waals surface area contributed by atoms with E-state index in [-0.39, 0.29) is 5.82 Å². The zero-order valence-corrected chi connectivity index (χ0v) is 15.2. The predicted octanol–water partition coefficient (Wildman–Crippen LogP) is 3.71. The highest BCUT2D eigenvalue weighted by atomic mass is 19.1. The van der Waals surface area contributed by atoms with Crippen molar-refractivity contribution in [2.24, 2.45) is 0 Å². The zero-order valence-electron chi connectivity index (χ0n) is 15.2. The third kappa shape index (κ3) is 3.48. The van der Waals surface area contributed by atoms with Crippen molar-refractivity contribution in [2.45, 2.75) is 19.6 Å². The summed E-state index contributed by atoms with van der Waals surface area (Å²) < 4.78 is 21.1. The third-order valence-electron chi connectivity index (χ3n) is 4.88. The number of hydrogen-bond donors (Lipinski definition) is 1. The summed E-state index contributed by atoms with van der Waals surface area (Å²) in [6.07, 6.45) is 1.06. The Balaban J connectivity index is 1.54. The Morgan fingerprint density at radius 3 is 2.85 bits per heavy atom. The van der Waals surface area contributed by atoms with Gasteiger partial charge in [0.1, 0.15) is 11.6 Å². The molecule has 1 aromatic heterocycles. The van der Waals surface area contributed by atoms with Crippen LogP contribution in [0.4, 0.5) is 4.39 Å². The minimum absolute atomic E-state index is 0.327. The summed E-state index contributed by atoms with van der Waals surface area (Å²) >= 11 is 0. The lowest BCUT2D eigenvalue weighted by atomic mass is 10.1. The summed E-state index contributed by atoms with van der Waals surface area (Å²) in [5, 5.41) is 12.1. The number of nitrogens with zero attached hydrogens (tertiary/aromatic N) is 3. The molecule has 0 amide bonds. The van der Waals surface area contributed by atoms with Crippen LogP contribution in [0, 0.1) is 11.2 Å². The lowest BCUT2D eigenvalue weighted by molar-refractivity contribution is 0.205. The highest BCUT2D eigenvalue weighted by Gasteiger charge is 2.20. The number of hydrogen-bond acceptors (Lipinski definition) is 4. The summed E-state index contributed by atoms with van der Waals surface area (Å²) in [5.41, 5.74) is 4.39. The number of methoxy groups -OCH3 is 1. The van der Waals surface area contributed by atoms with Crippen LogP contribution in [-0.2, 0) is 19.6 Å². The molecule has 1 N–H and O–H groups in total. The molecule has 0 fully saturated rings. The first-order valence-corrected chi connectivity index (χ1v) is 8.89. The van der Waals surface area contributed by atoms with Crippen LogP contribution in [0.1, 0.15) is 16.8 Å². The molecule has 6 heteroatoms. The number of aromatic nitrogens is 2. The highest BCUT2D eigenvalue weighted by Crippen LogP contribution is 2.30. The Morgan fingerprint density at radius 1 is 1.19 bits per heavy atom. The van der Waals surface area contributed by atoms with Gasteiger partial charge in [-0.1, -0.05) is 18.2 Å². The largest absolute Gasteiger partial charge is 0.496 e. The van der Waals surface area contributed by atoms with E-state index in [1.165, 1.54) is 6.07 Å². The van der Waals surface area contributed by atoms with Gasteiger partial charge in [-0.3, -0.25) is 9.58 Å². The van der Waals surface area contributed by atoms with Crippen LogP contribution < -0.4 is 4.74 Å². The molecule has 0 bridgehead atoms. The molecule has 1 aliphatic rings. The zero-order chi connectivity index (χ0) is 18.8. The summed E-state index contributed by atoms with van der Waals surface area (Å²) in [5.74, 6) is 0.460. The van der Waals surface area contributed by atoms with Gasteiger partial charge in [0, 0.05) is 37.0 Å². The predicted molar refractivity (Wildman–Crippen MR) is 103 cm³/mol. The summed E-state index contributed by atoms with van der Waals surface area (Å²) in [6.45, 7) is 3.18.